The third-order valence-corrected chi connectivity index (χ3v) is 5.88. The van der Waals surface area contributed by atoms with E-state index in [4.69, 9.17) is 14.5 Å². The second-order valence-corrected chi connectivity index (χ2v) is 9.33. The summed E-state index contributed by atoms with van der Waals surface area (Å²) in [4.78, 5) is 18.0. The lowest BCUT2D eigenvalue weighted by Gasteiger charge is -2.20. The number of hydrogen-bond donors (Lipinski definition) is 0. The topological polar surface area (TPSA) is 65.7 Å². The summed E-state index contributed by atoms with van der Waals surface area (Å²) in [5, 5.41) is 5.08. The molecule has 0 spiro atoms. The van der Waals surface area contributed by atoms with E-state index in [9.17, 15) is 4.79 Å². The van der Waals surface area contributed by atoms with Gasteiger partial charge in [0.2, 0.25) is 0 Å². The summed E-state index contributed by atoms with van der Waals surface area (Å²) in [5.41, 5.74) is 2.20. The van der Waals surface area contributed by atoms with Gasteiger partial charge in [-0.1, -0.05) is 42.8 Å². The van der Waals surface area contributed by atoms with Gasteiger partial charge in [-0.3, -0.25) is 4.79 Å². The van der Waals surface area contributed by atoms with Gasteiger partial charge in [0, 0.05) is 16.0 Å². The average molecular weight is 526 g/mol. The first-order valence-electron chi connectivity index (χ1n) is 11.6. The lowest BCUT2D eigenvalue weighted by atomic mass is 10.1. The van der Waals surface area contributed by atoms with Crippen molar-refractivity contribution < 1.29 is 9.47 Å². The third-order valence-electron chi connectivity index (χ3n) is 5.38. The molecule has 0 aliphatic carbocycles. The van der Waals surface area contributed by atoms with Crippen LogP contribution in [0.25, 0.3) is 10.9 Å². The Morgan fingerprint density at radius 2 is 1.97 bits per heavy atom. The van der Waals surface area contributed by atoms with E-state index in [-0.39, 0.29) is 17.6 Å². The fraction of sp³-hybridized carbons (Fsp3) is 0.370. The van der Waals surface area contributed by atoms with Crippen molar-refractivity contribution in [2.24, 2.45) is 5.10 Å². The molecule has 3 aromatic rings. The quantitative estimate of drug-likeness (QED) is 0.224. The minimum atomic E-state index is -0.209. The summed E-state index contributed by atoms with van der Waals surface area (Å²) in [5.74, 6) is 2.00. The van der Waals surface area contributed by atoms with Crippen LogP contribution in [0.4, 0.5) is 0 Å². The Labute approximate surface area is 209 Å². The Morgan fingerprint density at radius 1 is 1.21 bits per heavy atom. The molecular formula is C27H32BrN3O3. The smallest absolute Gasteiger partial charge is 0.282 e. The SMILES string of the molecule is C=CCc1cc(C=Nn2c(C(C)C)nc3ccc(Br)cc3c2=O)cc(OCC)c1O[C@H](C)CC. The Bertz CT molecular complexity index is 1260. The van der Waals surface area contributed by atoms with Gasteiger partial charge >= 0.3 is 0 Å². The zero-order valence-corrected chi connectivity index (χ0v) is 22.1. The molecule has 2 aromatic carbocycles. The van der Waals surface area contributed by atoms with Crippen molar-refractivity contribution in [1.82, 2.24) is 9.66 Å². The van der Waals surface area contributed by atoms with Crippen LogP contribution >= 0.6 is 15.9 Å². The van der Waals surface area contributed by atoms with Crippen LogP contribution in [0.15, 0.2) is 57.4 Å². The maximum absolute atomic E-state index is 13.3. The van der Waals surface area contributed by atoms with Crippen molar-refractivity contribution in [3.05, 3.63) is 74.8 Å². The molecule has 0 radical (unpaired) electrons. The maximum Gasteiger partial charge on any atom is 0.282 e. The molecule has 0 saturated heterocycles. The van der Waals surface area contributed by atoms with E-state index in [2.05, 4.69) is 34.5 Å². The van der Waals surface area contributed by atoms with Crippen LogP contribution < -0.4 is 15.0 Å². The zero-order valence-electron chi connectivity index (χ0n) is 20.5. The molecule has 0 N–H and O–H groups in total. The number of benzene rings is 2. The lowest BCUT2D eigenvalue weighted by Crippen LogP contribution is -2.23. The Kier molecular flexibility index (Phi) is 8.67. The van der Waals surface area contributed by atoms with Crippen LogP contribution in [0.2, 0.25) is 0 Å². The first kappa shape index (κ1) is 25.7. The molecule has 0 fully saturated rings. The Morgan fingerprint density at radius 3 is 2.62 bits per heavy atom. The lowest BCUT2D eigenvalue weighted by molar-refractivity contribution is 0.201. The predicted octanol–water partition coefficient (Wildman–Crippen LogP) is 6.47. The average Bonchev–Trinajstić information content (AvgIpc) is 2.80. The van der Waals surface area contributed by atoms with Crippen molar-refractivity contribution >= 4 is 33.0 Å². The minimum absolute atomic E-state index is 0.0134. The highest BCUT2D eigenvalue weighted by molar-refractivity contribution is 9.10. The van der Waals surface area contributed by atoms with Crippen molar-refractivity contribution in [2.75, 3.05) is 6.61 Å². The van der Waals surface area contributed by atoms with Crippen LogP contribution in [0, 0.1) is 0 Å². The van der Waals surface area contributed by atoms with Crippen LogP contribution in [-0.2, 0) is 6.42 Å². The highest BCUT2D eigenvalue weighted by Crippen LogP contribution is 2.34. The van der Waals surface area contributed by atoms with Gasteiger partial charge in [0.1, 0.15) is 5.82 Å². The normalized spacial score (nSPS) is 12.4. The molecule has 0 unspecified atom stereocenters. The summed E-state index contributed by atoms with van der Waals surface area (Å²) in [6.45, 7) is 14.4. The van der Waals surface area contributed by atoms with Crippen molar-refractivity contribution in [3.63, 3.8) is 0 Å². The second kappa shape index (κ2) is 11.5. The number of ether oxygens (including phenoxy) is 2. The highest BCUT2D eigenvalue weighted by Gasteiger charge is 2.16. The van der Waals surface area contributed by atoms with Gasteiger partial charge in [-0.15, -0.1) is 6.58 Å². The highest BCUT2D eigenvalue weighted by atomic mass is 79.9. The van der Waals surface area contributed by atoms with Gasteiger partial charge in [-0.2, -0.15) is 9.78 Å². The first-order valence-corrected chi connectivity index (χ1v) is 12.4. The molecule has 1 heterocycles. The van der Waals surface area contributed by atoms with Gasteiger partial charge < -0.3 is 9.47 Å². The molecule has 6 nitrogen and oxygen atoms in total. The van der Waals surface area contributed by atoms with E-state index >= 15 is 0 Å². The van der Waals surface area contributed by atoms with Gasteiger partial charge in [0.15, 0.2) is 11.5 Å². The molecule has 3 rings (SSSR count). The van der Waals surface area contributed by atoms with Gasteiger partial charge in [0.05, 0.1) is 29.8 Å². The fourth-order valence-electron chi connectivity index (χ4n) is 3.52. The summed E-state index contributed by atoms with van der Waals surface area (Å²) in [7, 11) is 0. The number of hydrogen-bond acceptors (Lipinski definition) is 5. The van der Waals surface area contributed by atoms with E-state index in [1.807, 2.05) is 58.0 Å². The summed E-state index contributed by atoms with van der Waals surface area (Å²) >= 11 is 3.44. The van der Waals surface area contributed by atoms with Crippen LogP contribution in [0.1, 0.15) is 63.9 Å². The van der Waals surface area contributed by atoms with Gasteiger partial charge in [-0.05, 0) is 62.6 Å². The molecule has 0 amide bonds. The van der Waals surface area contributed by atoms with E-state index in [0.717, 1.165) is 27.8 Å². The molecule has 1 aromatic heterocycles. The Balaban J connectivity index is 2.14. The zero-order chi connectivity index (χ0) is 24.8. The van der Waals surface area contributed by atoms with Crippen molar-refractivity contribution in [2.45, 2.75) is 59.5 Å². The number of nitrogens with zero attached hydrogens (tertiary/aromatic N) is 3. The Hall–Kier alpha value is -2.93. The molecule has 1 atom stereocenters. The molecule has 0 aliphatic heterocycles. The largest absolute Gasteiger partial charge is 0.490 e. The van der Waals surface area contributed by atoms with Crippen LogP contribution in [0.5, 0.6) is 11.5 Å². The van der Waals surface area contributed by atoms with Crippen LogP contribution in [0.3, 0.4) is 0 Å². The summed E-state index contributed by atoms with van der Waals surface area (Å²) < 4.78 is 14.3. The third kappa shape index (κ3) is 5.76. The van der Waals surface area contributed by atoms with E-state index in [0.29, 0.717) is 35.5 Å². The van der Waals surface area contributed by atoms with E-state index in [1.165, 1.54) is 4.68 Å². The van der Waals surface area contributed by atoms with Crippen LogP contribution in [-0.4, -0.2) is 28.6 Å². The molecule has 0 saturated carbocycles. The number of aromatic nitrogens is 2. The molecule has 0 bridgehead atoms. The first-order chi connectivity index (χ1) is 16.3. The van der Waals surface area contributed by atoms with E-state index in [1.54, 1.807) is 12.3 Å². The second-order valence-electron chi connectivity index (χ2n) is 8.42. The van der Waals surface area contributed by atoms with Crippen molar-refractivity contribution in [3.8, 4) is 11.5 Å². The monoisotopic (exact) mass is 525 g/mol. The number of fused-ring (bicyclic) bond motifs is 1. The molecule has 0 aliphatic rings. The maximum atomic E-state index is 13.3. The molecule has 180 valence electrons. The molecule has 34 heavy (non-hydrogen) atoms. The minimum Gasteiger partial charge on any atom is -0.490 e. The standard InChI is InChI=1S/C27H32BrN3O3/c1-7-10-20-13-19(14-24(33-9-3)25(20)34-18(6)8-2)16-29-31-26(17(4)5)30-23-12-11-21(28)15-22(23)27(31)32/h7,11-18H,1,8-10H2,2-6H3/t18-/m1/s1. The fourth-order valence-corrected chi connectivity index (χ4v) is 3.88. The number of halogens is 1. The number of rotatable bonds is 10. The predicted molar refractivity (Wildman–Crippen MR) is 143 cm³/mol. The van der Waals surface area contributed by atoms with E-state index < -0.39 is 0 Å². The van der Waals surface area contributed by atoms with Gasteiger partial charge in [0.25, 0.3) is 5.56 Å². The van der Waals surface area contributed by atoms with Gasteiger partial charge in [-0.25, -0.2) is 4.98 Å². The number of allylic oxidation sites excluding steroid dienone is 1. The molecule has 7 heteroatoms. The van der Waals surface area contributed by atoms with Crippen molar-refractivity contribution in [1.29, 1.82) is 0 Å². The molecular weight excluding hydrogens is 494 g/mol. The summed E-state index contributed by atoms with van der Waals surface area (Å²) in [6.07, 6.45) is 5.06. The summed E-state index contributed by atoms with van der Waals surface area (Å²) in [6, 6.07) is 9.38.